The fourth-order valence-corrected chi connectivity index (χ4v) is 3.59. The number of hydrogen-bond donors (Lipinski definition) is 1. The van der Waals surface area contributed by atoms with Crippen molar-refractivity contribution in [3.8, 4) is 5.75 Å². The third-order valence-electron chi connectivity index (χ3n) is 5.12. The number of Topliss-reactive ketones (excluding diaryl/α,β-unsaturated/α-hetero) is 1. The SMILES string of the molecule is COc1ccc2oc(C(=O)O[C@@H](C)C(=O)c3c(C)[nH]c4ccccc34)c(C)c2c1. The van der Waals surface area contributed by atoms with Gasteiger partial charge in [0.1, 0.15) is 11.3 Å². The number of aromatic nitrogens is 1. The Bertz CT molecular complexity index is 1250. The van der Waals surface area contributed by atoms with Crippen LogP contribution < -0.4 is 4.74 Å². The standard InChI is InChI=1S/C23H21NO5/c1-12-17-11-15(27-4)9-10-19(17)29-22(12)23(26)28-14(3)21(25)20-13(2)24-18-8-6-5-7-16(18)20/h5-11,14,24H,1-4H3/t14-/m0/s1. The average Bonchev–Trinajstić information content (AvgIpc) is 3.23. The predicted octanol–water partition coefficient (Wildman–Crippen LogP) is 4.97. The maximum absolute atomic E-state index is 13.0. The number of nitrogens with one attached hydrogen (secondary N) is 1. The van der Waals surface area contributed by atoms with Gasteiger partial charge in [0, 0.05) is 33.1 Å². The Balaban J connectivity index is 1.61. The van der Waals surface area contributed by atoms with Crippen molar-refractivity contribution in [2.24, 2.45) is 0 Å². The lowest BCUT2D eigenvalue weighted by Crippen LogP contribution is -2.25. The molecule has 0 unspecified atom stereocenters. The number of fused-ring (bicyclic) bond motifs is 2. The van der Waals surface area contributed by atoms with Crippen molar-refractivity contribution in [2.75, 3.05) is 7.11 Å². The van der Waals surface area contributed by atoms with Gasteiger partial charge in [-0.25, -0.2) is 4.79 Å². The van der Waals surface area contributed by atoms with Gasteiger partial charge < -0.3 is 18.9 Å². The molecule has 0 aliphatic heterocycles. The summed E-state index contributed by atoms with van der Waals surface area (Å²) >= 11 is 0. The highest BCUT2D eigenvalue weighted by Gasteiger charge is 2.27. The van der Waals surface area contributed by atoms with Crippen molar-refractivity contribution in [1.29, 1.82) is 0 Å². The first-order chi connectivity index (χ1) is 13.9. The molecule has 0 spiro atoms. The molecule has 4 rings (SSSR count). The number of benzene rings is 2. The zero-order chi connectivity index (χ0) is 20.7. The molecular weight excluding hydrogens is 370 g/mol. The van der Waals surface area contributed by atoms with Gasteiger partial charge in [0.2, 0.25) is 11.5 Å². The molecule has 148 valence electrons. The molecule has 29 heavy (non-hydrogen) atoms. The number of methoxy groups -OCH3 is 1. The molecule has 0 bridgehead atoms. The number of rotatable bonds is 5. The fourth-order valence-electron chi connectivity index (χ4n) is 3.59. The molecule has 0 radical (unpaired) electrons. The van der Waals surface area contributed by atoms with Gasteiger partial charge in [-0.3, -0.25) is 4.79 Å². The van der Waals surface area contributed by atoms with Crippen LogP contribution in [-0.2, 0) is 4.74 Å². The van der Waals surface area contributed by atoms with Gasteiger partial charge in [-0.2, -0.15) is 0 Å². The van der Waals surface area contributed by atoms with E-state index in [0.29, 0.717) is 22.5 Å². The van der Waals surface area contributed by atoms with E-state index in [2.05, 4.69) is 4.98 Å². The van der Waals surface area contributed by atoms with Gasteiger partial charge in [0.05, 0.1) is 7.11 Å². The van der Waals surface area contributed by atoms with E-state index in [-0.39, 0.29) is 11.5 Å². The van der Waals surface area contributed by atoms with Gasteiger partial charge in [0.15, 0.2) is 6.10 Å². The lowest BCUT2D eigenvalue weighted by Gasteiger charge is -2.12. The van der Waals surface area contributed by atoms with Crippen LogP contribution in [0.1, 0.15) is 39.1 Å². The number of esters is 1. The Kier molecular flexibility index (Phi) is 4.62. The number of para-hydroxylation sites is 1. The summed E-state index contributed by atoms with van der Waals surface area (Å²) in [6, 6.07) is 12.8. The molecular formula is C23H21NO5. The normalized spacial score (nSPS) is 12.3. The molecule has 1 atom stereocenters. The van der Waals surface area contributed by atoms with Gasteiger partial charge in [-0.05, 0) is 45.0 Å². The van der Waals surface area contributed by atoms with Crippen LogP contribution >= 0.6 is 0 Å². The number of hydrogen-bond acceptors (Lipinski definition) is 5. The number of ether oxygens (including phenoxy) is 2. The lowest BCUT2D eigenvalue weighted by molar-refractivity contribution is 0.0290. The molecule has 0 aliphatic rings. The molecule has 0 saturated heterocycles. The molecule has 0 aliphatic carbocycles. The minimum absolute atomic E-state index is 0.0866. The summed E-state index contributed by atoms with van der Waals surface area (Å²) in [5.41, 5.74) is 3.35. The van der Waals surface area contributed by atoms with Gasteiger partial charge in [-0.15, -0.1) is 0 Å². The Morgan fingerprint density at radius 3 is 2.59 bits per heavy atom. The van der Waals surface area contributed by atoms with Crippen LogP contribution in [0.4, 0.5) is 0 Å². The number of aromatic amines is 1. The summed E-state index contributed by atoms with van der Waals surface area (Å²) in [4.78, 5) is 28.9. The third-order valence-corrected chi connectivity index (χ3v) is 5.12. The summed E-state index contributed by atoms with van der Waals surface area (Å²) < 4.78 is 16.4. The number of carbonyl (C=O) groups is 2. The van der Waals surface area contributed by atoms with Gasteiger partial charge >= 0.3 is 5.97 Å². The van der Waals surface area contributed by atoms with E-state index >= 15 is 0 Å². The van der Waals surface area contributed by atoms with E-state index in [0.717, 1.165) is 22.0 Å². The molecule has 0 fully saturated rings. The number of furan rings is 1. The summed E-state index contributed by atoms with van der Waals surface area (Å²) in [7, 11) is 1.58. The Morgan fingerprint density at radius 2 is 1.83 bits per heavy atom. The average molecular weight is 391 g/mol. The van der Waals surface area contributed by atoms with E-state index in [1.54, 1.807) is 39.2 Å². The van der Waals surface area contributed by atoms with Crippen molar-refractivity contribution < 1.29 is 23.5 Å². The number of ketones is 1. The molecule has 4 aromatic rings. The quantitative estimate of drug-likeness (QED) is 0.384. The highest BCUT2D eigenvalue weighted by molar-refractivity contribution is 6.11. The van der Waals surface area contributed by atoms with Crippen LogP contribution in [0, 0.1) is 13.8 Å². The molecule has 2 heterocycles. The van der Waals surface area contributed by atoms with Crippen molar-refractivity contribution in [3.05, 3.63) is 65.0 Å². The second-order valence-electron chi connectivity index (χ2n) is 7.00. The smallest absolute Gasteiger partial charge is 0.375 e. The zero-order valence-electron chi connectivity index (χ0n) is 16.7. The summed E-state index contributed by atoms with van der Waals surface area (Å²) in [5, 5.41) is 1.58. The van der Waals surface area contributed by atoms with Crippen LogP contribution in [-0.4, -0.2) is 30.0 Å². The van der Waals surface area contributed by atoms with E-state index < -0.39 is 12.1 Å². The van der Waals surface area contributed by atoms with Crippen molar-refractivity contribution in [3.63, 3.8) is 0 Å². The molecule has 2 aromatic carbocycles. The third kappa shape index (κ3) is 3.16. The molecule has 0 amide bonds. The number of H-pyrrole nitrogens is 1. The van der Waals surface area contributed by atoms with Gasteiger partial charge in [-0.1, -0.05) is 18.2 Å². The zero-order valence-corrected chi connectivity index (χ0v) is 16.7. The van der Waals surface area contributed by atoms with Crippen molar-refractivity contribution in [1.82, 2.24) is 4.98 Å². The van der Waals surface area contributed by atoms with Crippen LogP contribution in [0.2, 0.25) is 0 Å². The maximum Gasteiger partial charge on any atom is 0.375 e. The highest BCUT2D eigenvalue weighted by Crippen LogP contribution is 2.30. The van der Waals surface area contributed by atoms with E-state index in [1.165, 1.54) is 0 Å². The first-order valence-corrected chi connectivity index (χ1v) is 9.30. The molecule has 2 aromatic heterocycles. The first-order valence-electron chi connectivity index (χ1n) is 9.30. The van der Waals surface area contributed by atoms with Crippen molar-refractivity contribution in [2.45, 2.75) is 26.9 Å². The first kappa shape index (κ1) is 18.8. The molecule has 6 nitrogen and oxygen atoms in total. The Labute approximate surface area is 167 Å². The largest absolute Gasteiger partial charge is 0.497 e. The second kappa shape index (κ2) is 7.13. The summed E-state index contributed by atoms with van der Waals surface area (Å²) in [6.45, 7) is 5.18. The lowest BCUT2D eigenvalue weighted by atomic mass is 10.0. The number of carbonyl (C=O) groups excluding carboxylic acids is 2. The highest BCUT2D eigenvalue weighted by atomic mass is 16.6. The van der Waals surface area contributed by atoms with Gasteiger partial charge in [0.25, 0.3) is 0 Å². The van der Waals surface area contributed by atoms with Crippen molar-refractivity contribution >= 4 is 33.6 Å². The van der Waals surface area contributed by atoms with E-state index in [4.69, 9.17) is 13.9 Å². The van der Waals surface area contributed by atoms with Crippen LogP contribution in [0.15, 0.2) is 46.9 Å². The van der Waals surface area contributed by atoms with Crippen LogP contribution in [0.25, 0.3) is 21.9 Å². The van der Waals surface area contributed by atoms with E-state index in [1.807, 2.05) is 31.2 Å². The van der Waals surface area contributed by atoms with Crippen LogP contribution in [0.3, 0.4) is 0 Å². The molecule has 0 saturated carbocycles. The summed E-state index contributed by atoms with van der Waals surface area (Å²) in [5.74, 6) is -0.178. The predicted molar refractivity (Wildman–Crippen MR) is 110 cm³/mol. The Hall–Kier alpha value is -3.54. The Morgan fingerprint density at radius 1 is 1.07 bits per heavy atom. The summed E-state index contributed by atoms with van der Waals surface area (Å²) in [6.07, 6.45) is -0.956. The second-order valence-corrected chi connectivity index (χ2v) is 7.00. The molecule has 1 N–H and O–H groups in total. The topological polar surface area (TPSA) is 81.5 Å². The van der Waals surface area contributed by atoms with Crippen LogP contribution in [0.5, 0.6) is 5.75 Å². The monoisotopic (exact) mass is 391 g/mol. The number of aryl methyl sites for hydroxylation is 2. The van der Waals surface area contributed by atoms with E-state index in [9.17, 15) is 9.59 Å². The fraction of sp³-hybridized carbons (Fsp3) is 0.217. The minimum atomic E-state index is -0.956. The maximum atomic E-state index is 13.0. The minimum Gasteiger partial charge on any atom is -0.497 e. The molecule has 6 heteroatoms.